The molecule has 1 fully saturated rings. The topological polar surface area (TPSA) is 87.6 Å². The van der Waals surface area contributed by atoms with Gasteiger partial charge in [0.05, 0.1) is 5.92 Å². The Hall–Kier alpha value is -3.61. The lowest BCUT2D eigenvalue weighted by Crippen LogP contribution is -2.36. The Bertz CT molecular complexity index is 955. The molecule has 7 nitrogen and oxygen atoms in total. The van der Waals surface area contributed by atoms with Gasteiger partial charge in [0.25, 0.3) is 0 Å². The summed E-state index contributed by atoms with van der Waals surface area (Å²) in [5.41, 5.74) is 0.854. The number of nitrogens with one attached hydrogen (secondary N) is 1. The number of anilines is 3. The molecule has 0 unspecified atom stereocenters. The van der Waals surface area contributed by atoms with E-state index in [1.54, 1.807) is 6.20 Å². The second-order valence-electron chi connectivity index (χ2n) is 6.90. The number of nitrogens with zero attached hydrogens (tertiary/aromatic N) is 3. The SMILES string of the molecule is O=C(O)C1CCN(c2ccnc(Nc3ccc(Oc4ccccc4)cc3)n2)CC1. The van der Waals surface area contributed by atoms with Crippen LogP contribution in [-0.2, 0) is 4.79 Å². The number of hydrogen-bond acceptors (Lipinski definition) is 6. The van der Waals surface area contributed by atoms with Crippen molar-refractivity contribution in [3.63, 3.8) is 0 Å². The molecule has 0 bridgehead atoms. The number of ether oxygens (including phenoxy) is 1. The zero-order chi connectivity index (χ0) is 20.1. The summed E-state index contributed by atoms with van der Waals surface area (Å²) < 4.78 is 5.80. The lowest BCUT2D eigenvalue weighted by molar-refractivity contribution is -0.142. The van der Waals surface area contributed by atoms with E-state index in [0.717, 1.165) is 23.0 Å². The summed E-state index contributed by atoms with van der Waals surface area (Å²) in [5, 5.41) is 12.3. The molecule has 4 rings (SSSR count). The predicted octanol–water partition coefficient (Wildman–Crippen LogP) is 4.31. The van der Waals surface area contributed by atoms with Crippen LogP contribution < -0.4 is 15.0 Å². The highest BCUT2D eigenvalue weighted by Crippen LogP contribution is 2.25. The fourth-order valence-corrected chi connectivity index (χ4v) is 3.30. The highest BCUT2D eigenvalue weighted by atomic mass is 16.5. The lowest BCUT2D eigenvalue weighted by atomic mass is 9.97. The first kappa shape index (κ1) is 18.7. The molecule has 2 heterocycles. The van der Waals surface area contributed by atoms with Gasteiger partial charge in [-0.05, 0) is 55.3 Å². The zero-order valence-corrected chi connectivity index (χ0v) is 15.9. The van der Waals surface area contributed by atoms with Crippen LogP contribution in [0.25, 0.3) is 0 Å². The average Bonchev–Trinajstić information content (AvgIpc) is 2.76. The molecule has 148 valence electrons. The molecule has 2 N–H and O–H groups in total. The predicted molar refractivity (Wildman–Crippen MR) is 111 cm³/mol. The van der Waals surface area contributed by atoms with Gasteiger partial charge in [-0.25, -0.2) is 4.98 Å². The first-order valence-corrected chi connectivity index (χ1v) is 9.58. The molecule has 0 atom stereocenters. The van der Waals surface area contributed by atoms with Crippen molar-refractivity contribution in [2.75, 3.05) is 23.3 Å². The molecular formula is C22H22N4O3. The largest absolute Gasteiger partial charge is 0.481 e. The number of aromatic nitrogens is 2. The zero-order valence-electron chi connectivity index (χ0n) is 15.9. The number of benzene rings is 2. The molecule has 0 aliphatic carbocycles. The first-order chi connectivity index (χ1) is 14.2. The maximum absolute atomic E-state index is 11.1. The molecule has 0 saturated carbocycles. The van der Waals surface area contributed by atoms with Crippen LogP contribution in [0.4, 0.5) is 17.5 Å². The quantitative estimate of drug-likeness (QED) is 0.648. The summed E-state index contributed by atoms with van der Waals surface area (Å²) in [6.45, 7) is 1.36. The summed E-state index contributed by atoms with van der Waals surface area (Å²) in [6.07, 6.45) is 2.97. The van der Waals surface area contributed by atoms with Crippen molar-refractivity contribution >= 4 is 23.4 Å². The maximum Gasteiger partial charge on any atom is 0.306 e. The Morgan fingerprint density at radius 1 is 1.00 bits per heavy atom. The molecule has 1 saturated heterocycles. The summed E-state index contributed by atoms with van der Waals surface area (Å²) in [4.78, 5) is 22.1. The Kier molecular flexibility index (Phi) is 5.56. The van der Waals surface area contributed by atoms with Crippen molar-refractivity contribution < 1.29 is 14.6 Å². The third-order valence-corrected chi connectivity index (χ3v) is 4.90. The normalized spacial score (nSPS) is 14.4. The van der Waals surface area contributed by atoms with E-state index in [9.17, 15) is 4.79 Å². The molecule has 1 aliphatic heterocycles. The highest BCUT2D eigenvalue weighted by molar-refractivity contribution is 5.70. The van der Waals surface area contributed by atoms with Crippen LogP contribution in [0.15, 0.2) is 66.9 Å². The summed E-state index contributed by atoms with van der Waals surface area (Å²) in [7, 11) is 0. The van der Waals surface area contributed by atoms with Gasteiger partial charge < -0.3 is 20.1 Å². The second kappa shape index (κ2) is 8.60. The van der Waals surface area contributed by atoms with Gasteiger partial charge in [0.2, 0.25) is 5.95 Å². The standard InChI is InChI=1S/C22H22N4O3/c27-21(28)16-11-14-26(15-12-16)20-10-13-23-22(25-20)24-17-6-8-19(9-7-17)29-18-4-2-1-3-5-18/h1-10,13,16H,11-12,14-15H2,(H,27,28)(H,23,24,25). The summed E-state index contributed by atoms with van der Waals surface area (Å²) in [5.74, 6) is 1.86. The number of hydrogen-bond donors (Lipinski definition) is 2. The number of carbonyl (C=O) groups is 1. The van der Waals surface area contributed by atoms with Gasteiger partial charge in [-0.2, -0.15) is 4.98 Å². The fraction of sp³-hybridized carbons (Fsp3) is 0.227. The number of para-hydroxylation sites is 1. The Balaban J connectivity index is 1.38. The van der Waals surface area contributed by atoms with Crippen LogP contribution in [0.2, 0.25) is 0 Å². The van der Waals surface area contributed by atoms with Crippen LogP contribution in [-0.4, -0.2) is 34.1 Å². The lowest BCUT2D eigenvalue weighted by Gasteiger charge is -2.31. The van der Waals surface area contributed by atoms with Gasteiger partial charge in [-0.15, -0.1) is 0 Å². The van der Waals surface area contributed by atoms with E-state index in [0.29, 0.717) is 31.9 Å². The Labute approximate surface area is 169 Å². The molecule has 0 amide bonds. The van der Waals surface area contributed by atoms with Crippen molar-refractivity contribution in [1.29, 1.82) is 0 Å². The van der Waals surface area contributed by atoms with E-state index in [1.807, 2.05) is 60.7 Å². The van der Waals surface area contributed by atoms with Gasteiger partial charge in [0.1, 0.15) is 17.3 Å². The summed E-state index contributed by atoms with van der Waals surface area (Å²) in [6, 6.07) is 19.1. The second-order valence-corrected chi connectivity index (χ2v) is 6.90. The molecule has 29 heavy (non-hydrogen) atoms. The molecule has 2 aromatic carbocycles. The molecule has 1 aromatic heterocycles. The van der Waals surface area contributed by atoms with Crippen molar-refractivity contribution in [2.24, 2.45) is 5.92 Å². The van der Waals surface area contributed by atoms with E-state index in [-0.39, 0.29) is 5.92 Å². The Morgan fingerprint density at radius 2 is 1.69 bits per heavy atom. The van der Waals surface area contributed by atoms with Gasteiger partial charge in [-0.3, -0.25) is 4.79 Å². The van der Waals surface area contributed by atoms with Gasteiger partial charge >= 0.3 is 5.97 Å². The maximum atomic E-state index is 11.1. The van der Waals surface area contributed by atoms with E-state index in [4.69, 9.17) is 9.84 Å². The monoisotopic (exact) mass is 390 g/mol. The first-order valence-electron chi connectivity index (χ1n) is 9.58. The van der Waals surface area contributed by atoms with Gasteiger partial charge in [0, 0.05) is 25.0 Å². The fourth-order valence-electron chi connectivity index (χ4n) is 3.30. The molecule has 0 radical (unpaired) electrons. The van der Waals surface area contributed by atoms with Gasteiger partial charge in [0.15, 0.2) is 0 Å². The molecule has 0 spiro atoms. The third kappa shape index (κ3) is 4.82. The van der Waals surface area contributed by atoms with Gasteiger partial charge in [-0.1, -0.05) is 18.2 Å². The Morgan fingerprint density at radius 3 is 2.38 bits per heavy atom. The molecule has 7 heteroatoms. The van der Waals surface area contributed by atoms with E-state index in [2.05, 4.69) is 20.2 Å². The van der Waals surface area contributed by atoms with Crippen LogP contribution in [0.3, 0.4) is 0 Å². The van der Waals surface area contributed by atoms with E-state index < -0.39 is 5.97 Å². The molecular weight excluding hydrogens is 368 g/mol. The summed E-state index contributed by atoms with van der Waals surface area (Å²) >= 11 is 0. The van der Waals surface area contributed by atoms with Crippen molar-refractivity contribution in [1.82, 2.24) is 9.97 Å². The number of piperidine rings is 1. The minimum atomic E-state index is -0.714. The molecule has 1 aliphatic rings. The average molecular weight is 390 g/mol. The van der Waals surface area contributed by atoms with Crippen LogP contribution >= 0.6 is 0 Å². The van der Waals surface area contributed by atoms with Crippen LogP contribution in [0.5, 0.6) is 11.5 Å². The molecule has 3 aromatic rings. The minimum Gasteiger partial charge on any atom is -0.481 e. The highest BCUT2D eigenvalue weighted by Gasteiger charge is 2.25. The number of carboxylic acid groups (broad SMARTS) is 1. The van der Waals surface area contributed by atoms with E-state index in [1.165, 1.54) is 0 Å². The van der Waals surface area contributed by atoms with Crippen LogP contribution in [0.1, 0.15) is 12.8 Å². The van der Waals surface area contributed by atoms with Crippen molar-refractivity contribution in [3.8, 4) is 11.5 Å². The van der Waals surface area contributed by atoms with Crippen molar-refractivity contribution in [2.45, 2.75) is 12.8 Å². The third-order valence-electron chi connectivity index (χ3n) is 4.90. The van der Waals surface area contributed by atoms with Crippen LogP contribution in [0, 0.1) is 5.92 Å². The number of carboxylic acids is 1. The number of aliphatic carboxylic acids is 1. The smallest absolute Gasteiger partial charge is 0.306 e. The minimum absolute atomic E-state index is 0.262. The van der Waals surface area contributed by atoms with Crippen molar-refractivity contribution in [3.05, 3.63) is 66.9 Å². The number of rotatable bonds is 6. The van der Waals surface area contributed by atoms with E-state index >= 15 is 0 Å².